The van der Waals surface area contributed by atoms with Gasteiger partial charge in [0.15, 0.2) is 5.69 Å². The summed E-state index contributed by atoms with van der Waals surface area (Å²) in [6.45, 7) is 11.7. The van der Waals surface area contributed by atoms with E-state index in [9.17, 15) is 9.59 Å². The normalized spacial score (nSPS) is 12.0. The quantitative estimate of drug-likeness (QED) is 0.378. The second kappa shape index (κ2) is 13.8. The standard InChI is InChI=1S/C27H42N4O4/c1-8-9-13-28-25(32)15-20(14-18(2)3)29-27(33)21-16-22(31(30-21)17-19(4)5)26-23(34-6)11-10-12-24(26)35-7/h10-12,16,18-20H,8-9,13-15,17H2,1-7H3,(H,28,32)(H,29,33). The summed E-state index contributed by atoms with van der Waals surface area (Å²) < 4.78 is 13.0. The van der Waals surface area contributed by atoms with Gasteiger partial charge in [0.1, 0.15) is 11.5 Å². The summed E-state index contributed by atoms with van der Waals surface area (Å²) in [5.41, 5.74) is 1.79. The molecule has 2 amide bonds. The summed E-state index contributed by atoms with van der Waals surface area (Å²) in [4.78, 5) is 25.7. The van der Waals surface area contributed by atoms with Gasteiger partial charge in [-0.3, -0.25) is 14.3 Å². The molecule has 8 nitrogen and oxygen atoms in total. The molecule has 0 aliphatic rings. The Labute approximate surface area is 209 Å². The first-order chi connectivity index (χ1) is 16.7. The Hall–Kier alpha value is -3.03. The number of hydrogen-bond acceptors (Lipinski definition) is 5. The van der Waals surface area contributed by atoms with Crippen molar-refractivity contribution in [3.63, 3.8) is 0 Å². The molecule has 8 heteroatoms. The van der Waals surface area contributed by atoms with Gasteiger partial charge in [-0.2, -0.15) is 5.10 Å². The number of carbonyl (C=O) groups excluding carboxylic acids is 2. The van der Waals surface area contributed by atoms with Gasteiger partial charge in [-0.05, 0) is 42.9 Å². The lowest BCUT2D eigenvalue weighted by atomic mass is 10.0. The monoisotopic (exact) mass is 486 g/mol. The lowest BCUT2D eigenvalue weighted by Crippen LogP contribution is -2.40. The number of amides is 2. The molecule has 0 radical (unpaired) electrons. The molecule has 194 valence electrons. The molecule has 1 aromatic carbocycles. The van der Waals surface area contributed by atoms with Gasteiger partial charge < -0.3 is 20.1 Å². The number of nitrogens with zero attached hydrogens (tertiary/aromatic N) is 2. The number of unbranched alkanes of at least 4 members (excludes halogenated alkanes) is 1. The zero-order valence-electron chi connectivity index (χ0n) is 22.3. The number of methoxy groups -OCH3 is 2. The van der Waals surface area contributed by atoms with E-state index < -0.39 is 0 Å². The van der Waals surface area contributed by atoms with Crippen LogP contribution in [-0.4, -0.2) is 48.4 Å². The first-order valence-corrected chi connectivity index (χ1v) is 12.6. The van der Waals surface area contributed by atoms with Gasteiger partial charge in [-0.15, -0.1) is 0 Å². The van der Waals surface area contributed by atoms with Crippen molar-refractivity contribution in [3.8, 4) is 22.8 Å². The maximum atomic E-state index is 13.3. The SMILES string of the molecule is CCCCNC(=O)CC(CC(C)C)NC(=O)c1cc(-c2c(OC)cccc2OC)n(CC(C)C)n1. The van der Waals surface area contributed by atoms with Crippen LogP contribution in [0.4, 0.5) is 0 Å². The molecular formula is C27H42N4O4. The molecule has 0 aliphatic heterocycles. The Morgan fingerprint density at radius 3 is 2.26 bits per heavy atom. The third-order valence-corrected chi connectivity index (χ3v) is 5.61. The molecular weight excluding hydrogens is 444 g/mol. The van der Waals surface area contributed by atoms with E-state index in [1.807, 2.05) is 22.9 Å². The minimum absolute atomic E-state index is 0.0471. The topological polar surface area (TPSA) is 94.5 Å². The predicted molar refractivity (Wildman–Crippen MR) is 139 cm³/mol. The van der Waals surface area contributed by atoms with Gasteiger partial charge in [-0.25, -0.2) is 0 Å². The van der Waals surface area contributed by atoms with E-state index in [-0.39, 0.29) is 24.3 Å². The third-order valence-electron chi connectivity index (χ3n) is 5.61. The molecule has 1 atom stereocenters. The van der Waals surface area contributed by atoms with E-state index in [1.165, 1.54) is 0 Å². The number of benzene rings is 1. The van der Waals surface area contributed by atoms with Gasteiger partial charge in [0.25, 0.3) is 5.91 Å². The number of ether oxygens (including phenoxy) is 2. The fraction of sp³-hybridized carbons (Fsp3) is 0.593. The lowest BCUT2D eigenvalue weighted by Gasteiger charge is -2.20. The molecule has 1 heterocycles. The Bertz CT molecular complexity index is 946. The summed E-state index contributed by atoms with van der Waals surface area (Å²) in [6.07, 6.45) is 2.90. The molecule has 0 aliphatic carbocycles. The van der Waals surface area contributed by atoms with Crippen molar-refractivity contribution in [2.24, 2.45) is 11.8 Å². The molecule has 2 N–H and O–H groups in total. The van der Waals surface area contributed by atoms with Crippen molar-refractivity contribution >= 4 is 11.8 Å². The molecule has 0 saturated carbocycles. The number of hydrogen-bond donors (Lipinski definition) is 2. The second-order valence-corrected chi connectivity index (χ2v) is 9.74. The van der Waals surface area contributed by atoms with Crippen LogP contribution in [0.3, 0.4) is 0 Å². The van der Waals surface area contributed by atoms with Crippen molar-refractivity contribution in [2.75, 3.05) is 20.8 Å². The second-order valence-electron chi connectivity index (χ2n) is 9.74. The van der Waals surface area contributed by atoms with Crippen LogP contribution in [0, 0.1) is 11.8 Å². The van der Waals surface area contributed by atoms with Crippen LogP contribution in [0.2, 0.25) is 0 Å². The maximum absolute atomic E-state index is 13.3. The minimum Gasteiger partial charge on any atom is -0.496 e. The summed E-state index contributed by atoms with van der Waals surface area (Å²) >= 11 is 0. The van der Waals surface area contributed by atoms with Crippen LogP contribution >= 0.6 is 0 Å². The highest BCUT2D eigenvalue weighted by Crippen LogP contribution is 2.38. The Morgan fingerprint density at radius 2 is 1.71 bits per heavy atom. The predicted octanol–water partition coefficient (Wildman–Crippen LogP) is 4.67. The van der Waals surface area contributed by atoms with Gasteiger partial charge in [0.05, 0.1) is 25.5 Å². The van der Waals surface area contributed by atoms with Crippen molar-refractivity contribution < 1.29 is 19.1 Å². The molecule has 1 unspecified atom stereocenters. The number of aromatic nitrogens is 2. The molecule has 2 rings (SSSR count). The smallest absolute Gasteiger partial charge is 0.272 e. The Morgan fingerprint density at radius 1 is 1.06 bits per heavy atom. The summed E-state index contributed by atoms with van der Waals surface area (Å²) in [5.74, 6) is 1.58. The molecule has 0 fully saturated rings. The maximum Gasteiger partial charge on any atom is 0.272 e. The fourth-order valence-corrected chi connectivity index (χ4v) is 4.04. The van der Waals surface area contributed by atoms with Crippen LogP contribution in [0.15, 0.2) is 24.3 Å². The van der Waals surface area contributed by atoms with Crippen molar-refractivity contribution in [3.05, 3.63) is 30.0 Å². The molecule has 1 aromatic heterocycles. The number of rotatable bonds is 14. The first-order valence-electron chi connectivity index (χ1n) is 12.6. The zero-order chi connectivity index (χ0) is 26.0. The van der Waals surface area contributed by atoms with Crippen LogP contribution in [0.25, 0.3) is 11.3 Å². The summed E-state index contributed by atoms with van der Waals surface area (Å²) in [6, 6.07) is 7.08. The third kappa shape index (κ3) is 8.30. The highest BCUT2D eigenvalue weighted by molar-refractivity contribution is 5.94. The fourth-order valence-electron chi connectivity index (χ4n) is 4.04. The average molecular weight is 487 g/mol. The lowest BCUT2D eigenvalue weighted by molar-refractivity contribution is -0.121. The van der Waals surface area contributed by atoms with Gasteiger partial charge in [0.2, 0.25) is 5.91 Å². The highest BCUT2D eigenvalue weighted by atomic mass is 16.5. The van der Waals surface area contributed by atoms with Crippen molar-refractivity contribution in [1.82, 2.24) is 20.4 Å². The summed E-state index contributed by atoms with van der Waals surface area (Å²) in [5, 5.41) is 10.6. The van der Waals surface area contributed by atoms with Crippen molar-refractivity contribution in [1.29, 1.82) is 0 Å². The highest BCUT2D eigenvalue weighted by Gasteiger charge is 2.24. The Balaban J connectivity index is 2.35. The average Bonchev–Trinajstić information content (AvgIpc) is 3.20. The van der Waals surface area contributed by atoms with Crippen molar-refractivity contribution in [2.45, 2.75) is 72.9 Å². The largest absolute Gasteiger partial charge is 0.496 e. The molecule has 0 spiro atoms. The number of nitrogens with one attached hydrogen (secondary N) is 2. The van der Waals surface area contributed by atoms with Gasteiger partial charge in [0, 0.05) is 25.6 Å². The molecule has 35 heavy (non-hydrogen) atoms. The van der Waals surface area contributed by atoms with Crippen LogP contribution in [-0.2, 0) is 11.3 Å². The summed E-state index contributed by atoms with van der Waals surface area (Å²) in [7, 11) is 3.22. The Kier molecular flexibility index (Phi) is 11.1. The van der Waals surface area contributed by atoms with E-state index in [0.29, 0.717) is 48.5 Å². The van der Waals surface area contributed by atoms with E-state index in [1.54, 1.807) is 20.3 Å². The molecule has 0 saturated heterocycles. The number of carbonyl (C=O) groups is 2. The zero-order valence-corrected chi connectivity index (χ0v) is 22.3. The van der Waals surface area contributed by atoms with Gasteiger partial charge in [-0.1, -0.05) is 47.1 Å². The van der Waals surface area contributed by atoms with E-state index >= 15 is 0 Å². The van der Waals surface area contributed by atoms with E-state index in [2.05, 4.69) is 50.4 Å². The van der Waals surface area contributed by atoms with Gasteiger partial charge >= 0.3 is 0 Å². The first kappa shape index (κ1) is 28.2. The van der Waals surface area contributed by atoms with Crippen LogP contribution < -0.4 is 20.1 Å². The molecule has 2 aromatic rings. The van der Waals surface area contributed by atoms with Crippen LogP contribution in [0.5, 0.6) is 11.5 Å². The minimum atomic E-state index is -0.297. The van der Waals surface area contributed by atoms with E-state index in [4.69, 9.17) is 9.47 Å². The van der Waals surface area contributed by atoms with Crippen LogP contribution in [0.1, 0.15) is 70.8 Å². The van der Waals surface area contributed by atoms with E-state index in [0.717, 1.165) is 24.1 Å². The molecule has 0 bridgehead atoms.